The molecule has 0 spiro atoms. The van der Waals surface area contributed by atoms with E-state index in [4.69, 9.17) is 20.5 Å². The van der Waals surface area contributed by atoms with Crippen molar-refractivity contribution in [3.8, 4) is 17.6 Å². The largest absolute Gasteiger partial charge is 0.495 e. The standard InChI is InChI=1S/C17H18N2O2/c1-12(19)14-4-3-5-16(9-14)21-11-13-6-7-15(10-18)17(8-13)20-2/h3-9,12H,11,19H2,1-2H3. The minimum absolute atomic E-state index is 0.0245. The van der Waals surface area contributed by atoms with Gasteiger partial charge in [0.25, 0.3) is 0 Å². The number of nitriles is 1. The van der Waals surface area contributed by atoms with E-state index in [1.165, 1.54) is 0 Å². The van der Waals surface area contributed by atoms with Gasteiger partial charge >= 0.3 is 0 Å². The maximum Gasteiger partial charge on any atom is 0.137 e. The van der Waals surface area contributed by atoms with Crippen molar-refractivity contribution in [2.75, 3.05) is 7.11 Å². The summed E-state index contributed by atoms with van der Waals surface area (Å²) in [5.41, 5.74) is 8.35. The van der Waals surface area contributed by atoms with Crippen LogP contribution in [0.5, 0.6) is 11.5 Å². The number of benzene rings is 2. The first kappa shape index (κ1) is 14.9. The molecule has 0 radical (unpaired) electrons. The SMILES string of the molecule is COc1cc(COc2cccc(C(C)N)c2)ccc1C#N. The van der Waals surface area contributed by atoms with E-state index >= 15 is 0 Å². The van der Waals surface area contributed by atoms with E-state index < -0.39 is 0 Å². The van der Waals surface area contributed by atoms with Crippen molar-refractivity contribution < 1.29 is 9.47 Å². The second-order valence-corrected chi connectivity index (χ2v) is 4.80. The third-order valence-electron chi connectivity index (χ3n) is 3.18. The zero-order chi connectivity index (χ0) is 15.2. The molecule has 2 rings (SSSR count). The summed E-state index contributed by atoms with van der Waals surface area (Å²) in [7, 11) is 1.55. The van der Waals surface area contributed by atoms with Crippen molar-refractivity contribution in [3.05, 3.63) is 59.2 Å². The maximum absolute atomic E-state index is 8.96. The first-order chi connectivity index (χ1) is 10.1. The van der Waals surface area contributed by atoms with Crippen molar-refractivity contribution in [3.63, 3.8) is 0 Å². The smallest absolute Gasteiger partial charge is 0.137 e. The van der Waals surface area contributed by atoms with E-state index in [0.29, 0.717) is 17.9 Å². The molecule has 0 bridgehead atoms. The highest BCUT2D eigenvalue weighted by Gasteiger charge is 2.05. The third kappa shape index (κ3) is 3.74. The molecule has 0 saturated heterocycles. The number of rotatable bonds is 5. The van der Waals surface area contributed by atoms with Crippen molar-refractivity contribution in [2.24, 2.45) is 5.73 Å². The van der Waals surface area contributed by atoms with Crippen molar-refractivity contribution in [1.29, 1.82) is 5.26 Å². The van der Waals surface area contributed by atoms with Gasteiger partial charge in [-0.1, -0.05) is 18.2 Å². The molecule has 4 heteroatoms. The van der Waals surface area contributed by atoms with Gasteiger partial charge in [-0.25, -0.2) is 0 Å². The normalized spacial score (nSPS) is 11.5. The van der Waals surface area contributed by atoms with E-state index in [0.717, 1.165) is 16.9 Å². The number of hydrogen-bond acceptors (Lipinski definition) is 4. The summed E-state index contributed by atoms with van der Waals surface area (Å²) in [6.07, 6.45) is 0. The number of hydrogen-bond donors (Lipinski definition) is 1. The number of nitrogens with zero attached hydrogens (tertiary/aromatic N) is 1. The lowest BCUT2D eigenvalue weighted by atomic mass is 10.1. The summed E-state index contributed by atoms with van der Waals surface area (Å²) in [6, 6.07) is 15.2. The zero-order valence-corrected chi connectivity index (χ0v) is 12.2. The molecule has 0 aliphatic carbocycles. The quantitative estimate of drug-likeness (QED) is 0.914. The van der Waals surface area contributed by atoms with Crippen LogP contribution in [0.2, 0.25) is 0 Å². The third-order valence-corrected chi connectivity index (χ3v) is 3.18. The Bertz CT molecular complexity index is 660. The molecule has 108 valence electrons. The fraction of sp³-hybridized carbons (Fsp3) is 0.235. The van der Waals surface area contributed by atoms with E-state index in [2.05, 4.69) is 6.07 Å². The van der Waals surface area contributed by atoms with Gasteiger partial charge in [0.05, 0.1) is 12.7 Å². The van der Waals surface area contributed by atoms with Gasteiger partial charge in [0.2, 0.25) is 0 Å². The predicted octanol–water partition coefficient (Wildman–Crippen LogP) is 3.17. The Kier molecular flexibility index (Phi) is 4.81. The Morgan fingerprint density at radius 1 is 1.24 bits per heavy atom. The Balaban J connectivity index is 2.10. The second kappa shape index (κ2) is 6.78. The first-order valence-corrected chi connectivity index (χ1v) is 6.69. The molecule has 0 saturated carbocycles. The van der Waals surface area contributed by atoms with Crippen LogP contribution in [0.4, 0.5) is 0 Å². The molecule has 2 aromatic rings. The summed E-state index contributed by atoms with van der Waals surface area (Å²) in [6.45, 7) is 2.34. The Labute approximate surface area is 124 Å². The summed E-state index contributed by atoms with van der Waals surface area (Å²) >= 11 is 0. The minimum Gasteiger partial charge on any atom is -0.495 e. The summed E-state index contributed by atoms with van der Waals surface area (Å²) < 4.78 is 10.9. The Morgan fingerprint density at radius 2 is 2.05 bits per heavy atom. The molecular formula is C17H18N2O2. The number of methoxy groups -OCH3 is 1. The van der Waals surface area contributed by atoms with Crippen LogP contribution in [0.3, 0.4) is 0 Å². The lowest BCUT2D eigenvalue weighted by molar-refractivity contribution is 0.304. The van der Waals surface area contributed by atoms with Gasteiger partial charge in [-0.05, 0) is 42.3 Å². The van der Waals surface area contributed by atoms with Crippen LogP contribution in [-0.2, 0) is 6.61 Å². The van der Waals surface area contributed by atoms with E-state index in [1.54, 1.807) is 13.2 Å². The van der Waals surface area contributed by atoms with Crippen LogP contribution in [0.15, 0.2) is 42.5 Å². The Morgan fingerprint density at radius 3 is 2.71 bits per heavy atom. The van der Waals surface area contributed by atoms with Crippen LogP contribution in [0, 0.1) is 11.3 Å². The van der Waals surface area contributed by atoms with Gasteiger partial charge in [-0.2, -0.15) is 5.26 Å². The van der Waals surface area contributed by atoms with Gasteiger partial charge in [0.15, 0.2) is 0 Å². The van der Waals surface area contributed by atoms with E-state index in [9.17, 15) is 0 Å². The molecule has 0 aliphatic rings. The monoisotopic (exact) mass is 282 g/mol. The maximum atomic E-state index is 8.96. The van der Waals surface area contributed by atoms with Gasteiger partial charge in [0.1, 0.15) is 24.2 Å². The molecule has 21 heavy (non-hydrogen) atoms. The first-order valence-electron chi connectivity index (χ1n) is 6.69. The molecule has 4 nitrogen and oxygen atoms in total. The minimum atomic E-state index is -0.0245. The molecule has 2 N–H and O–H groups in total. The van der Waals surface area contributed by atoms with Crippen molar-refractivity contribution in [2.45, 2.75) is 19.6 Å². The molecular weight excluding hydrogens is 264 g/mol. The summed E-state index contributed by atoms with van der Waals surface area (Å²) in [5, 5.41) is 8.96. The molecule has 0 aliphatic heterocycles. The Hall–Kier alpha value is -2.51. The van der Waals surface area contributed by atoms with Crippen LogP contribution >= 0.6 is 0 Å². The molecule has 0 heterocycles. The average molecular weight is 282 g/mol. The van der Waals surface area contributed by atoms with Gasteiger partial charge in [-0.3, -0.25) is 0 Å². The highest BCUT2D eigenvalue weighted by atomic mass is 16.5. The highest BCUT2D eigenvalue weighted by molar-refractivity contribution is 5.45. The number of ether oxygens (including phenoxy) is 2. The van der Waals surface area contributed by atoms with Crippen LogP contribution in [-0.4, -0.2) is 7.11 Å². The zero-order valence-electron chi connectivity index (χ0n) is 12.2. The fourth-order valence-electron chi connectivity index (χ4n) is 1.97. The molecule has 1 atom stereocenters. The lowest BCUT2D eigenvalue weighted by Crippen LogP contribution is -2.05. The predicted molar refractivity (Wildman–Crippen MR) is 81.1 cm³/mol. The van der Waals surface area contributed by atoms with Crippen LogP contribution in [0.25, 0.3) is 0 Å². The molecule has 0 fully saturated rings. The number of nitrogens with two attached hydrogens (primary N) is 1. The molecule has 0 amide bonds. The van der Waals surface area contributed by atoms with Gasteiger partial charge < -0.3 is 15.2 Å². The highest BCUT2D eigenvalue weighted by Crippen LogP contribution is 2.22. The van der Waals surface area contributed by atoms with Gasteiger partial charge in [-0.15, -0.1) is 0 Å². The van der Waals surface area contributed by atoms with E-state index in [-0.39, 0.29) is 6.04 Å². The van der Waals surface area contributed by atoms with E-state index in [1.807, 2.05) is 43.3 Å². The lowest BCUT2D eigenvalue weighted by Gasteiger charge is -2.11. The molecule has 1 unspecified atom stereocenters. The fourth-order valence-corrected chi connectivity index (χ4v) is 1.97. The second-order valence-electron chi connectivity index (χ2n) is 4.80. The summed E-state index contributed by atoms with van der Waals surface area (Å²) in [4.78, 5) is 0. The van der Waals surface area contributed by atoms with Crippen LogP contribution in [0.1, 0.15) is 29.7 Å². The van der Waals surface area contributed by atoms with Crippen molar-refractivity contribution in [1.82, 2.24) is 0 Å². The molecule has 0 aromatic heterocycles. The summed E-state index contributed by atoms with van der Waals surface area (Å²) in [5.74, 6) is 1.33. The van der Waals surface area contributed by atoms with Crippen molar-refractivity contribution >= 4 is 0 Å². The topological polar surface area (TPSA) is 68.3 Å². The molecule has 2 aromatic carbocycles. The van der Waals surface area contributed by atoms with Gasteiger partial charge in [0, 0.05) is 6.04 Å². The average Bonchev–Trinajstić information content (AvgIpc) is 2.52. The van der Waals surface area contributed by atoms with Crippen LogP contribution < -0.4 is 15.2 Å².